The lowest BCUT2D eigenvalue weighted by Gasteiger charge is -2.36. The lowest BCUT2D eigenvalue weighted by molar-refractivity contribution is -0.734. The first kappa shape index (κ1) is 28.0. The van der Waals surface area contributed by atoms with E-state index in [1.165, 1.54) is 4.31 Å². The van der Waals surface area contributed by atoms with E-state index < -0.39 is 14.0 Å². The van der Waals surface area contributed by atoms with Crippen molar-refractivity contribution in [3.8, 4) is 11.3 Å². The second-order valence-electron chi connectivity index (χ2n) is 8.31. The SMILES string of the molecule is Cl.O=C(c1ccc(-c2ccccn2)cc1)[N+]1(Cl)CCN(S(=O)(=O)/C(=C/c2ccccc2)CCO)CC1. The fraction of sp³-hybridized carbons (Fsp3) is 0.231. The van der Waals surface area contributed by atoms with Crippen LogP contribution in [0.25, 0.3) is 17.3 Å². The zero-order chi connectivity index (χ0) is 24.9. The number of sulfonamides is 1. The first-order valence-electron chi connectivity index (χ1n) is 11.3. The third-order valence-corrected chi connectivity index (χ3v) is 8.54. The van der Waals surface area contributed by atoms with Gasteiger partial charge in [0, 0.05) is 24.8 Å². The Morgan fingerprint density at radius 2 is 1.64 bits per heavy atom. The highest BCUT2D eigenvalue weighted by Gasteiger charge is 2.43. The quantitative estimate of drug-likeness (QED) is 0.443. The molecule has 0 unspecified atom stereocenters. The molecule has 2 aromatic carbocycles. The fourth-order valence-corrected chi connectivity index (χ4v) is 5.90. The van der Waals surface area contributed by atoms with Crippen LogP contribution in [0.4, 0.5) is 0 Å². The van der Waals surface area contributed by atoms with Gasteiger partial charge in [-0.25, -0.2) is 13.2 Å². The summed E-state index contributed by atoms with van der Waals surface area (Å²) in [6, 6.07) is 21.8. The average Bonchev–Trinajstić information content (AvgIpc) is 2.89. The van der Waals surface area contributed by atoms with Gasteiger partial charge < -0.3 is 5.11 Å². The number of pyridine rings is 1. The smallest absolute Gasteiger partial charge is 0.363 e. The molecule has 1 amide bonds. The van der Waals surface area contributed by atoms with Gasteiger partial charge in [0.2, 0.25) is 10.0 Å². The summed E-state index contributed by atoms with van der Waals surface area (Å²) in [4.78, 5) is 17.7. The predicted molar refractivity (Wildman–Crippen MR) is 144 cm³/mol. The Bertz CT molecular complexity index is 1290. The molecule has 36 heavy (non-hydrogen) atoms. The molecule has 10 heteroatoms. The van der Waals surface area contributed by atoms with E-state index in [4.69, 9.17) is 11.8 Å². The molecule has 190 valence electrons. The molecule has 0 aliphatic carbocycles. The van der Waals surface area contributed by atoms with Crippen LogP contribution in [0.2, 0.25) is 0 Å². The third kappa shape index (κ3) is 6.21. The standard InChI is InChI=1S/C26H27ClN3O4S.ClH/c27-30(26(32)23-11-9-22(10-12-23)25-8-4-5-14-28-25)17-15-29(16-18-30)35(33,34)24(13-19-31)20-21-6-2-1-3-7-21;/h1-12,14,20,31H,13,15-19H2;1H/q+1;/b24-20+;. The highest BCUT2D eigenvalue weighted by Crippen LogP contribution is 2.28. The Hall–Kier alpha value is -2.59. The average molecular weight is 550 g/mol. The molecule has 0 bridgehead atoms. The first-order valence-corrected chi connectivity index (χ1v) is 13.1. The van der Waals surface area contributed by atoms with Gasteiger partial charge in [0.05, 0.1) is 29.3 Å². The number of carbonyl (C=O) groups excluding carboxylic acids is 1. The summed E-state index contributed by atoms with van der Waals surface area (Å²) >= 11 is 6.70. The molecule has 4 rings (SSSR count). The number of quaternary nitrogens is 1. The van der Waals surface area contributed by atoms with Crippen molar-refractivity contribution in [3.05, 3.63) is 95.0 Å². The van der Waals surface area contributed by atoms with Gasteiger partial charge >= 0.3 is 5.91 Å². The maximum absolute atomic E-state index is 13.3. The van der Waals surface area contributed by atoms with Crippen molar-refractivity contribution in [3.63, 3.8) is 0 Å². The Morgan fingerprint density at radius 3 is 2.22 bits per heavy atom. The van der Waals surface area contributed by atoms with E-state index in [0.29, 0.717) is 5.56 Å². The molecule has 3 aromatic rings. The monoisotopic (exact) mass is 548 g/mol. The molecule has 1 fully saturated rings. The number of benzene rings is 2. The topological polar surface area (TPSA) is 87.6 Å². The van der Waals surface area contributed by atoms with Crippen LogP contribution in [0.1, 0.15) is 22.3 Å². The van der Waals surface area contributed by atoms with Crippen molar-refractivity contribution in [1.29, 1.82) is 0 Å². The van der Waals surface area contributed by atoms with Crippen LogP contribution in [0.15, 0.2) is 83.9 Å². The molecule has 1 aliphatic rings. The molecule has 1 aromatic heterocycles. The summed E-state index contributed by atoms with van der Waals surface area (Å²) in [6.45, 7) is 0.190. The number of piperazine rings is 1. The van der Waals surface area contributed by atoms with Crippen molar-refractivity contribution in [1.82, 2.24) is 9.29 Å². The molecule has 7 nitrogen and oxygen atoms in total. The number of nitrogens with zero attached hydrogens (tertiary/aromatic N) is 3. The molecule has 1 saturated heterocycles. The Morgan fingerprint density at radius 1 is 1.00 bits per heavy atom. The lowest BCUT2D eigenvalue weighted by Crippen LogP contribution is -2.57. The highest BCUT2D eigenvalue weighted by molar-refractivity contribution is 7.93. The van der Waals surface area contributed by atoms with E-state index in [1.807, 2.05) is 60.7 Å². The van der Waals surface area contributed by atoms with Gasteiger partial charge in [-0.3, -0.25) is 4.98 Å². The molecule has 0 atom stereocenters. The van der Waals surface area contributed by atoms with Gasteiger partial charge in [-0.2, -0.15) is 8.31 Å². The van der Waals surface area contributed by atoms with Crippen LogP contribution in [0.3, 0.4) is 0 Å². The Balaban J connectivity index is 0.00000361. The van der Waals surface area contributed by atoms with Crippen LogP contribution < -0.4 is 0 Å². The second kappa shape index (κ2) is 12.1. The van der Waals surface area contributed by atoms with Crippen molar-refractivity contribution < 1.29 is 22.3 Å². The van der Waals surface area contributed by atoms with Gasteiger partial charge in [-0.15, -0.1) is 12.4 Å². The summed E-state index contributed by atoms with van der Waals surface area (Å²) in [6.07, 6.45) is 3.30. The number of hydrogen-bond acceptors (Lipinski definition) is 5. The van der Waals surface area contributed by atoms with Crippen molar-refractivity contribution in [2.24, 2.45) is 0 Å². The lowest BCUT2D eigenvalue weighted by atomic mass is 10.1. The predicted octanol–water partition coefficient (Wildman–Crippen LogP) is 4.35. The zero-order valence-electron chi connectivity index (χ0n) is 19.5. The first-order chi connectivity index (χ1) is 16.8. The van der Waals surface area contributed by atoms with E-state index >= 15 is 0 Å². The minimum Gasteiger partial charge on any atom is -0.396 e. The summed E-state index contributed by atoms with van der Waals surface area (Å²) in [5.74, 6) is -0.272. The van der Waals surface area contributed by atoms with Gasteiger partial charge in [-0.1, -0.05) is 48.5 Å². The van der Waals surface area contributed by atoms with Crippen molar-refractivity contribution >= 4 is 46.2 Å². The number of rotatable bonds is 7. The molecule has 2 heterocycles. The van der Waals surface area contributed by atoms with Crippen LogP contribution in [0.5, 0.6) is 0 Å². The number of carbonyl (C=O) groups is 1. The molecule has 1 N–H and O–H groups in total. The molecule has 1 aliphatic heterocycles. The summed E-state index contributed by atoms with van der Waals surface area (Å²) in [5.41, 5.74) is 2.90. The van der Waals surface area contributed by atoms with Crippen LogP contribution in [-0.2, 0) is 10.0 Å². The van der Waals surface area contributed by atoms with Gasteiger partial charge in [0.15, 0.2) is 11.8 Å². The summed E-state index contributed by atoms with van der Waals surface area (Å²) in [5, 5.41) is 9.45. The molecular weight excluding hydrogens is 521 g/mol. The van der Waals surface area contributed by atoms with E-state index in [2.05, 4.69) is 4.98 Å². The second-order valence-corrected chi connectivity index (χ2v) is 10.9. The molecule has 0 saturated carbocycles. The summed E-state index contributed by atoms with van der Waals surface area (Å²) < 4.78 is 27.6. The molecular formula is C26H28Cl2N3O4S+. The van der Waals surface area contributed by atoms with E-state index in [1.54, 1.807) is 24.4 Å². The number of halogens is 2. The van der Waals surface area contributed by atoms with Gasteiger partial charge in [-0.05, 0) is 35.9 Å². The number of amides is 1. The van der Waals surface area contributed by atoms with Crippen molar-refractivity contribution in [2.75, 3.05) is 32.8 Å². The normalized spacial score (nSPS) is 16.2. The van der Waals surface area contributed by atoms with Crippen molar-refractivity contribution in [2.45, 2.75) is 6.42 Å². The van der Waals surface area contributed by atoms with Crippen LogP contribution in [-0.4, -0.2) is 65.5 Å². The Labute approximate surface area is 222 Å². The minimum atomic E-state index is -3.81. The Kier molecular flexibility index (Phi) is 9.41. The summed E-state index contributed by atoms with van der Waals surface area (Å²) in [7, 11) is -3.81. The highest BCUT2D eigenvalue weighted by atomic mass is 35.5. The number of hydrogen-bond donors (Lipinski definition) is 1. The largest absolute Gasteiger partial charge is 0.396 e. The molecule has 0 spiro atoms. The molecule has 0 radical (unpaired) electrons. The van der Waals surface area contributed by atoms with Gasteiger partial charge in [0.25, 0.3) is 0 Å². The third-order valence-electron chi connectivity index (χ3n) is 6.02. The minimum absolute atomic E-state index is 0. The zero-order valence-corrected chi connectivity index (χ0v) is 21.9. The maximum atomic E-state index is 13.3. The number of aliphatic hydroxyl groups excluding tert-OH is 1. The fourth-order valence-electron chi connectivity index (χ4n) is 4.04. The number of aliphatic hydroxyl groups is 1. The van der Waals surface area contributed by atoms with Crippen LogP contribution >= 0.6 is 24.2 Å². The van der Waals surface area contributed by atoms with Crippen LogP contribution in [0, 0.1) is 0 Å². The van der Waals surface area contributed by atoms with E-state index in [9.17, 15) is 18.3 Å². The number of aromatic nitrogens is 1. The van der Waals surface area contributed by atoms with E-state index in [0.717, 1.165) is 16.8 Å². The van der Waals surface area contributed by atoms with Gasteiger partial charge in [0.1, 0.15) is 13.1 Å². The maximum Gasteiger partial charge on any atom is 0.363 e. The van der Waals surface area contributed by atoms with E-state index in [-0.39, 0.29) is 62.4 Å².